The number of aromatic nitrogens is 2. The van der Waals surface area contributed by atoms with Gasteiger partial charge in [-0.1, -0.05) is 37.3 Å². The van der Waals surface area contributed by atoms with Crippen LogP contribution >= 0.6 is 0 Å². The number of para-hydroxylation sites is 1. The van der Waals surface area contributed by atoms with Gasteiger partial charge in [-0.15, -0.1) is 0 Å². The Morgan fingerprint density at radius 3 is 2.78 bits per heavy atom. The Hall–Kier alpha value is -2.63. The molecule has 1 saturated heterocycles. The predicted molar refractivity (Wildman–Crippen MR) is 102 cm³/mol. The maximum Gasteiger partial charge on any atom is 0.309 e. The number of amides is 1. The second kappa shape index (κ2) is 6.83. The van der Waals surface area contributed by atoms with E-state index in [2.05, 4.69) is 17.3 Å². The molecule has 2 aliphatic rings. The van der Waals surface area contributed by atoms with Crippen LogP contribution in [0.25, 0.3) is 10.9 Å². The smallest absolute Gasteiger partial charge is 0.309 e. The van der Waals surface area contributed by atoms with E-state index < -0.39 is 0 Å². The van der Waals surface area contributed by atoms with Gasteiger partial charge in [0.25, 0.3) is 5.91 Å². The number of rotatable bonds is 3. The Morgan fingerprint density at radius 2 is 2.00 bits per heavy atom. The summed E-state index contributed by atoms with van der Waals surface area (Å²) in [5, 5.41) is 5.33. The lowest BCUT2D eigenvalue weighted by molar-refractivity contribution is -0.152. The van der Waals surface area contributed by atoms with E-state index >= 15 is 0 Å². The first kappa shape index (κ1) is 17.8. The van der Waals surface area contributed by atoms with Gasteiger partial charge in [0.05, 0.1) is 18.0 Å². The Kier molecular flexibility index (Phi) is 4.50. The monoisotopic (exact) mass is 367 g/mol. The first-order valence-electron chi connectivity index (χ1n) is 9.57. The fourth-order valence-electron chi connectivity index (χ4n) is 4.58. The molecule has 1 amide bonds. The minimum atomic E-state index is -0.196. The highest BCUT2D eigenvalue weighted by Gasteiger charge is 2.46. The van der Waals surface area contributed by atoms with E-state index in [0.717, 1.165) is 10.9 Å². The molecule has 1 aliphatic heterocycles. The van der Waals surface area contributed by atoms with Gasteiger partial charge in [-0.25, -0.2) is 0 Å². The molecule has 6 heteroatoms. The van der Waals surface area contributed by atoms with Gasteiger partial charge >= 0.3 is 5.97 Å². The summed E-state index contributed by atoms with van der Waals surface area (Å²) in [7, 11) is 1.85. The maximum atomic E-state index is 13.2. The van der Waals surface area contributed by atoms with Crippen molar-refractivity contribution in [3.8, 4) is 0 Å². The van der Waals surface area contributed by atoms with Crippen LogP contribution in [0.2, 0.25) is 0 Å². The van der Waals surface area contributed by atoms with E-state index in [9.17, 15) is 9.59 Å². The van der Waals surface area contributed by atoms with Gasteiger partial charge in [-0.2, -0.15) is 5.10 Å². The van der Waals surface area contributed by atoms with Crippen molar-refractivity contribution in [2.24, 2.45) is 30.7 Å². The number of hydrogen-bond donors (Lipinski definition) is 0. The number of nitrogens with zero attached hydrogens (tertiary/aromatic N) is 3. The summed E-state index contributed by atoms with van der Waals surface area (Å²) >= 11 is 0. The predicted octanol–water partition coefficient (Wildman–Crippen LogP) is 2.65. The Bertz CT molecular complexity index is 917. The van der Waals surface area contributed by atoms with Crippen LogP contribution in [0.15, 0.2) is 36.4 Å². The Balaban J connectivity index is 1.61. The second-order valence-electron chi connectivity index (χ2n) is 7.55. The van der Waals surface area contributed by atoms with Crippen LogP contribution in [0.1, 0.15) is 24.3 Å². The number of fused-ring (bicyclic) bond motifs is 2. The van der Waals surface area contributed by atoms with E-state index in [-0.39, 0.29) is 35.5 Å². The van der Waals surface area contributed by atoms with Gasteiger partial charge in [0.2, 0.25) is 0 Å². The number of esters is 1. The average molecular weight is 367 g/mol. The van der Waals surface area contributed by atoms with Crippen molar-refractivity contribution >= 4 is 22.8 Å². The van der Waals surface area contributed by atoms with Crippen molar-refractivity contribution in [2.75, 3.05) is 19.7 Å². The molecule has 6 nitrogen and oxygen atoms in total. The molecule has 0 N–H and O–H groups in total. The van der Waals surface area contributed by atoms with Crippen molar-refractivity contribution in [2.45, 2.75) is 13.8 Å². The van der Waals surface area contributed by atoms with Gasteiger partial charge in [0, 0.05) is 25.5 Å². The van der Waals surface area contributed by atoms with E-state index in [0.29, 0.717) is 25.4 Å². The SMILES string of the molecule is CCOC(=O)[C@H]1[C@@H]2CN(C(=O)c3nn(C)c4ccccc34)C[C@@H]2C=C[C@@H]1C. The molecule has 0 unspecified atom stereocenters. The molecule has 1 aliphatic carbocycles. The van der Waals surface area contributed by atoms with Crippen LogP contribution in [0.4, 0.5) is 0 Å². The molecule has 0 radical (unpaired) electrons. The molecular weight excluding hydrogens is 342 g/mol. The molecule has 2 aromatic rings. The molecule has 1 aromatic heterocycles. The molecule has 1 fully saturated rings. The second-order valence-corrected chi connectivity index (χ2v) is 7.55. The summed E-state index contributed by atoms with van der Waals surface area (Å²) in [5.41, 5.74) is 1.42. The molecule has 0 saturated carbocycles. The summed E-state index contributed by atoms with van der Waals surface area (Å²) < 4.78 is 7.05. The molecular formula is C21H25N3O3. The molecule has 142 valence electrons. The minimum absolute atomic E-state index is 0.0649. The van der Waals surface area contributed by atoms with E-state index in [1.165, 1.54) is 0 Å². The van der Waals surface area contributed by atoms with Gasteiger partial charge in [0.1, 0.15) is 0 Å². The van der Waals surface area contributed by atoms with Gasteiger partial charge < -0.3 is 9.64 Å². The lowest BCUT2D eigenvalue weighted by atomic mass is 9.72. The van der Waals surface area contributed by atoms with Gasteiger partial charge in [-0.05, 0) is 30.7 Å². The van der Waals surface area contributed by atoms with Gasteiger partial charge in [-0.3, -0.25) is 14.3 Å². The van der Waals surface area contributed by atoms with Crippen molar-refractivity contribution in [3.63, 3.8) is 0 Å². The van der Waals surface area contributed by atoms with Crippen molar-refractivity contribution in [3.05, 3.63) is 42.1 Å². The van der Waals surface area contributed by atoms with Crippen LogP contribution in [-0.2, 0) is 16.6 Å². The fourth-order valence-corrected chi connectivity index (χ4v) is 4.58. The summed E-state index contributed by atoms with van der Waals surface area (Å²) in [6.07, 6.45) is 4.25. The van der Waals surface area contributed by atoms with Crippen LogP contribution in [0.3, 0.4) is 0 Å². The summed E-state index contributed by atoms with van der Waals surface area (Å²) in [6.45, 7) is 5.44. The number of likely N-dealkylation sites (tertiary alicyclic amines) is 1. The van der Waals surface area contributed by atoms with Crippen molar-refractivity contribution < 1.29 is 14.3 Å². The topological polar surface area (TPSA) is 64.4 Å². The van der Waals surface area contributed by atoms with E-state index in [4.69, 9.17) is 4.74 Å². The lowest BCUT2D eigenvalue weighted by Crippen LogP contribution is -2.37. The van der Waals surface area contributed by atoms with E-state index in [1.807, 2.05) is 50.1 Å². The zero-order valence-electron chi connectivity index (χ0n) is 16.0. The van der Waals surface area contributed by atoms with Crippen LogP contribution < -0.4 is 0 Å². The number of carbonyl (C=O) groups is 2. The standard InChI is InChI=1S/C21H25N3O3/c1-4-27-21(26)18-13(2)9-10-14-11-24(12-16(14)18)20(25)19-15-7-5-6-8-17(15)23(3)22-19/h5-10,13-14,16,18H,4,11-12H2,1-3H3/t13-,14-,16+,18+/m0/s1. The minimum Gasteiger partial charge on any atom is -0.466 e. The third-order valence-corrected chi connectivity index (χ3v) is 5.91. The third-order valence-electron chi connectivity index (χ3n) is 5.91. The average Bonchev–Trinajstić information content (AvgIpc) is 3.23. The maximum absolute atomic E-state index is 13.2. The number of carbonyl (C=O) groups excluding carboxylic acids is 2. The number of benzene rings is 1. The quantitative estimate of drug-likeness (QED) is 0.618. The first-order valence-corrected chi connectivity index (χ1v) is 9.57. The van der Waals surface area contributed by atoms with Crippen molar-refractivity contribution in [1.29, 1.82) is 0 Å². The zero-order chi connectivity index (χ0) is 19.1. The normalized spacial score (nSPS) is 27.0. The largest absolute Gasteiger partial charge is 0.466 e. The highest BCUT2D eigenvalue weighted by atomic mass is 16.5. The summed E-state index contributed by atoms with van der Waals surface area (Å²) in [5.74, 6) is -0.00133. The number of hydrogen-bond acceptors (Lipinski definition) is 4. The summed E-state index contributed by atoms with van der Waals surface area (Å²) in [4.78, 5) is 27.6. The van der Waals surface area contributed by atoms with E-state index in [1.54, 1.807) is 4.68 Å². The van der Waals surface area contributed by atoms with Gasteiger partial charge in [0.15, 0.2) is 5.69 Å². The molecule has 0 bridgehead atoms. The van der Waals surface area contributed by atoms with Crippen molar-refractivity contribution in [1.82, 2.24) is 14.7 Å². The Labute approximate surface area is 158 Å². The first-order chi connectivity index (χ1) is 13.0. The highest BCUT2D eigenvalue weighted by molar-refractivity contribution is 6.05. The molecule has 1 aromatic carbocycles. The fraction of sp³-hybridized carbons (Fsp3) is 0.476. The Morgan fingerprint density at radius 1 is 1.22 bits per heavy atom. The molecule has 2 heterocycles. The number of ether oxygens (including phenoxy) is 1. The third kappa shape index (κ3) is 2.93. The lowest BCUT2D eigenvalue weighted by Gasteiger charge is -2.31. The summed E-state index contributed by atoms with van der Waals surface area (Å²) in [6, 6.07) is 7.76. The molecule has 4 atom stereocenters. The molecule has 0 spiro atoms. The number of aryl methyl sites for hydroxylation is 1. The highest BCUT2D eigenvalue weighted by Crippen LogP contribution is 2.40. The van der Waals surface area contributed by atoms with Crippen LogP contribution in [0.5, 0.6) is 0 Å². The molecule has 27 heavy (non-hydrogen) atoms. The van der Waals surface area contributed by atoms with Crippen LogP contribution in [-0.4, -0.2) is 46.3 Å². The molecule has 4 rings (SSSR count). The number of allylic oxidation sites excluding steroid dienone is 1. The van der Waals surface area contributed by atoms with Crippen LogP contribution in [0, 0.1) is 23.7 Å². The zero-order valence-corrected chi connectivity index (χ0v) is 16.0.